The Morgan fingerprint density at radius 1 is 1.33 bits per heavy atom. The van der Waals surface area contributed by atoms with Gasteiger partial charge in [0.15, 0.2) is 5.79 Å². The Kier molecular flexibility index (Phi) is 3.06. The maximum Gasteiger partial charge on any atom is 0.163 e. The van der Waals surface area contributed by atoms with Crippen LogP contribution in [0.25, 0.3) is 0 Å². The second-order valence-electron chi connectivity index (χ2n) is 3.49. The highest BCUT2D eigenvalue weighted by molar-refractivity contribution is 4.76. The maximum atomic E-state index is 8.93. The summed E-state index contributed by atoms with van der Waals surface area (Å²) in [5, 5.41) is 17.8. The summed E-state index contributed by atoms with van der Waals surface area (Å²) in [6.45, 7) is 3.94. The van der Waals surface area contributed by atoms with Gasteiger partial charge in [-0.25, -0.2) is 0 Å². The molecule has 1 fully saturated rings. The van der Waals surface area contributed by atoms with Gasteiger partial charge in [-0.3, -0.25) is 0 Å². The van der Waals surface area contributed by atoms with Crippen LogP contribution in [-0.2, 0) is 9.47 Å². The van der Waals surface area contributed by atoms with E-state index >= 15 is 0 Å². The molecule has 12 heavy (non-hydrogen) atoms. The van der Waals surface area contributed by atoms with Crippen LogP contribution in [0, 0.1) is 5.92 Å². The zero-order chi connectivity index (χ0) is 9.19. The lowest BCUT2D eigenvalue weighted by atomic mass is 10.0. The van der Waals surface area contributed by atoms with Crippen molar-refractivity contribution in [3.8, 4) is 0 Å². The lowest BCUT2D eigenvalue weighted by Gasteiger charge is -2.39. The predicted molar refractivity (Wildman–Crippen MR) is 42.6 cm³/mol. The molecule has 0 saturated carbocycles. The number of hydrogen-bond acceptors (Lipinski definition) is 4. The van der Waals surface area contributed by atoms with Gasteiger partial charge in [0.25, 0.3) is 0 Å². The van der Waals surface area contributed by atoms with Gasteiger partial charge >= 0.3 is 0 Å². The van der Waals surface area contributed by atoms with Gasteiger partial charge in [0.2, 0.25) is 0 Å². The van der Waals surface area contributed by atoms with E-state index in [1.165, 1.54) is 0 Å². The molecule has 72 valence electrons. The van der Waals surface area contributed by atoms with Crippen LogP contribution >= 0.6 is 0 Å². The first-order valence-electron chi connectivity index (χ1n) is 4.12. The lowest BCUT2D eigenvalue weighted by molar-refractivity contribution is -0.300. The van der Waals surface area contributed by atoms with Gasteiger partial charge in [-0.1, -0.05) is 0 Å². The Morgan fingerprint density at radius 2 is 2.00 bits per heavy atom. The molecule has 1 aliphatic heterocycles. The molecule has 0 spiro atoms. The third-order valence-electron chi connectivity index (χ3n) is 2.02. The summed E-state index contributed by atoms with van der Waals surface area (Å²) in [6, 6.07) is 0. The minimum absolute atomic E-state index is 0.0126. The third kappa shape index (κ3) is 2.17. The van der Waals surface area contributed by atoms with Crippen molar-refractivity contribution in [2.75, 3.05) is 19.8 Å². The SMILES string of the molecule is CC1(C)OCC(CO)C(CO)O1. The van der Waals surface area contributed by atoms with Crippen LogP contribution in [0.4, 0.5) is 0 Å². The van der Waals surface area contributed by atoms with Gasteiger partial charge in [0, 0.05) is 5.92 Å². The average molecular weight is 176 g/mol. The highest BCUT2D eigenvalue weighted by Crippen LogP contribution is 2.25. The topological polar surface area (TPSA) is 58.9 Å². The molecule has 4 nitrogen and oxygen atoms in total. The van der Waals surface area contributed by atoms with Crippen LogP contribution in [0.2, 0.25) is 0 Å². The van der Waals surface area contributed by atoms with Crippen molar-refractivity contribution >= 4 is 0 Å². The summed E-state index contributed by atoms with van der Waals surface area (Å²) in [5.41, 5.74) is 0. The van der Waals surface area contributed by atoms with Crippen molar-refractivity contribution in [2.45, 2.75) is 25.7 Å². The molecule has 0 amide bonds. The number of aliphatic hydroxyl groups is 2. The highest BCUT2D eigenvalue weighted by Gasteiger charge is 2.35. The van der Waals surface area contributed by atoms with Crippen LogP contribution < -0.4 is 0 Å². The summed E-state index contributed by atoms with van der Waals surface area (Å²) in [7, 11) is 0. The van der Waals surface area contributed by atoms with Crippen LogP contribution in [0.1, 0.15) is 13.8 Å². The molecular weight excluding hydrogens is 160 g/mol. The molecule has 1 heterocycles. The van der Waals surface area contributed by atoms with E-state index in [1.807, 2.05) is 0 Å². The molecule has 0 bridgehead atoms. The fraction of sp³-hybridized carbons (Fsp3) is 1.00. The van der Waals surface area contributed by atoms with Crippen molar-refractivity contribution in [3.05, 3.63) is 0 Å². The zero-order valence-electron chi connectivity index (χ0n) is 7.49. The molecule has 1 aliphatic rings. The molecule has 0 aliphatic carbocycles. The van der Waals surface area contributed by atoms with E-state index in [9.17, 15) is 0 Å². The predicted octanol–water partition coefficient (Wildman–Crippen LogP) is -0.261. The number of ether oxygens (including phenoxy) is 2. The molecule has 0 radical (unpaired) electrons. The van der Waals surface area contributed by atoms with Crippen molar-refractivity contribution < 1.29 is 19.7 Å². The van der Waals surface area contributed by atoms with Crippen molar-refractivity contribution in [2.24, 2.45) is 5.92 Å². The van der Waals surface area contributed by atoms with Crippen LogP contribution in [0.15, 0.2) is 0 Å². The summed E-state index contributed by atoms with van der Waals surface area (Å²) >= 11 is 0. The highest BCUT2D eigenvalue weighted by atomic mass is 16.7. The standard InChI is InChI=1S/C8H16O4/c1-8(2)11-5-6(3-9)7(4-10)12-8/h6-7,9-10H,3-5H2,1-2H3. The van der Waals surface area contributed by atoms with Gasteiger partial charge in [0.05, 0.1) is 25.9 Å². The Bertz CT molecular complexity index is 146. The summed E-state index contributed by atoms with van der Waals surface area (Å²) in [6.07, 6.45) is -0.307. The molecule has 0 aromatic heterocycles. The zero-order valence-corrected chi connectivity index (χ0v) is 7.49. The van der Waals surface area contributed by atoms with E-state index in [-0.39, 0.29) is 25.2 Å². The molecule has 2 unspecified atom stereocenters. The van der Waals surface area contributed by atoms with Crippen molar-refractivity contribution in [1.82, 2.24) is 0 Å². The molecule has 0 aromatic carbocycles. The summed E-state index contributed by atoms with van der Waals surface area (Å²) in [5.74, 6) is -0.748. The van der Waals surface area contributed by atoms with Crippen molar-refractivity contribution in [1.29, 1.82) is 0 Å². The minimum Gasteiger partial charge on any atom is -0.396 e. The van der Waals surface area contributed by atoms with Crippen LogP contribution in [0.3, 0.4) is 0 Å². The second-order valence-corrected chi connectivity index (χ2v) is 3.49. The van der Waals surface area contributed by atoms with Gasteiger partial charge in [0.1, 0.15) is 0 Å². The Hall–Kier alpha value is -0.160. The Morgan fingerprint density at radius 3 is 2.50 bits per heavy atom. The van der Waals surface area contributed by atoms with E-state index in [4.69, 9.17) is 19.7 Å². The third-order valence-corrected chi connectivity index (χ3v) is 2.02. The largest absolute Gasteiger partial charge is 0.396 e. The molecule has 1 rings (SSSR count). The first-order chi connectivity index (χ1) is 5.59. The van der Waals surface area contributed by atoms with Gasteiger partial charge in [-0.15, -0.1) is 0 Å². The molecular formula is C8H16O4. The molecule has 2 N–H and O–H groups in total. The number of rotatable bonds is 2. The average Bonchev–Trinajstić information content (AvgIpc) is 2.03. The van der Waals surface area contributed by atoms with E-state index in [0.29, 0.717) is 6.61 Å². The van der Waals surface area contributed by atoms with Gasteiger partial charge in [-0.2, -0.15) is 0 Å². The lowest BCUT2D eigenvalue weighted by Crippen LogP contribution is -2.48. The Labute approximate surface area is 72.1 Å². The quantitative estimate of drug-likeness (QED) is 0.608. The molecule has 4 heteroatoms. The monoisotopic (exact) mass is 176 g/mol. The normalized spacial score (nSPS) is 35.0. The van der Waals surface area contributed by atoms with E-state index < -0.39 is 5.79 Å². The fourth-order valence-electron chi connectivity index (χ4n) is 1.27. The maximum absolute atomic E-state index is 8.93. The van der Waals surface area contributed by atoms with Crippen molar-refractivity contribution in [3.63, 3.8) is 0 Å². The summed E-state index contributed by atoms with van der Waals surface area (Å²) in [4.78, 5) is 0. The van der Waals surface area contributed by atoms with E-state index in [1.54, 1.807) is 13.8 Å². The number of hydrogen-bond donors (Lipinski definition) is 2. The smallest absolute Gasteiger partial charge is 0.163 e. The van der Waals surface area contributed by atoms with Crippen LogP contribution in [0.5, 0.6) is 0 Å². The fourth-order valence-corrected chi connectivity index (χ4v) is 1.27. The van der Waals surface area contributed by atoms with E-state index in [2.05, 4.69) is 0 Å². The molecule has 2 atom stereocenters. The minimum atomic E-state index is -0.640. The second kappa shape index (κ2) is 3.70. The van der Waals surface area contributed by atoms with Gasteiger partial charge < -0.3 is 19.7 Å². The molecule has 0 aromatic rings. The van der Waals surface area contributed by atoms with Crippen LogP contribution in [-0.4, -0.2) is 41.9 Å². The molecule has 1 saturated heterocycles. The first kappa shape index (κ1) is 9.92. The number of aliphatic hydroxyl groups excluding tert-OH is 2. The Balaban J connectivity index is 2.53. The van der Waals surface area contributed by atoms with E-state index in [0.717, 1.165) is 0 Å². The first-order valence-corrected chi connectivity index (χ1v) is 4.12. The van der Waals surface area contributed by atoms with Gasteiger partial charge in [-0.05, 0) is 13.8 Å². The summed E-state index contributed by atoms with van der Waals surface area (Å²) < 4.78 is 10.7.